The first-order chi connectivity index (χ1) is 14.3. The topological polar surface area (TPSA) is 92.3 Å². The normalized spacial score (nSPS) is 12.0. The molecule has 1 atom stereocenters. The zero-order valence-corrected chi connectivity index (χ0v) is 16.5. The second kappa shape index (κ2) is 9.04. The number of hydrogen-bond acceptors (Lipinski definition) is 4. The molecule has 0 spiro atoms. The fourth-order valence-electron chi connectivity index (χ4n) is 3.27. The summed E-state index contributed by atoms with van der Waals surface area (Å²) in [6.45, 7) is 0. The fraction of sp³-hybridized carbons (Fsp3) is 0.190. The molecule has 0 fully saturated rings. The standard InChI is InChI=1S/C21H17ClF2N2O4/c1-30-16-10-26-20(27)18(15(21(28)29)9-12-4-2-3-7-25-12)17(16)14-8-11(22)5-6-13(14)19(23)24/h2-8,10,15,19H,9H2,1H3,(H,26,27)(H,28,29). The summed E-state index contributed by atoms with van der Waals surface area (Å²) < 4.78 is 32.7. The highest BCUT2D eigenvalue weighted by atomic mass is 35.5. The Labute approximate surface area is 175 Å². The molecular weight excluding hydrogens is 418 g/mol. The van der Waals surface area contributed by atoms with Crippen LogP contribution in [0.15, 0.2) is 53.6 Å². The fourth-order valence-corrected chi connectivity index (χ4v) is 3.45. The highest BCUT2D eigenvalue weighted by molar-refractivity contribution is 6.31. The molecule has 0 aliphatic carbocycles. The second-order valence-corrected chi connectivity index (χ2v) is 6.86. The van der Waals surface area contributed by atoms with Crippen molar-refractivity contribution in [3.05, 3.63) is 81.0 Å². The Balaban J connectivity index is 2.32. The maximum atomic E-state index is 13.7. The molecule has 3 aromatic rings. The first kappa shape index (κ1) is 21.4. The van der Waals surface area contributed by atoms with Crippen LogP contribution in [0, 0.1) is 0 Å². The molecule has 0 aliphatic heterocycles. The summed E-state index contributed by atoms with van der Waals surface area (Å²) in [5.74, 6) is -2.62. The van der Waals surface area contributed by atoms with Crippen molar-refractivity contribution in [2.24, 2.45) is 0 Å². The van der Waals surface area contributed by atoms with Gasteiger partial charge >= 0.3 is 5.97 Å². The summed E-state index contributed by atoms with van der Waals surface area (Å²) in [6, 6.07) is 8.68. The summed E-state index contributed by atoms with van der Waals surface area (Å²) in [4.78, 5) is 31.4. The largest absolute Gasteiger partial charge is 0.495 e. The van der Waals surface area contributed by atoms with Crippen LogP contribution in [-0.4, -0.2) is 28.2 Å². The number of H-pyrrole nitrogens is 1. The third kappa shape index (κ3) is 4.33. The maximum Gasteiger partial charge on any atom is 0.311 e. The van der Waals surface area contributed by atoms with Crippen LogP contribution in [0.1, 0.15) is 29.2 Å². The number of aliphatic carboxylic acids is 1. The lowest BCUT2D eigenvalue weighted by Crippen LogP contribution is -2.25. The lowest BCUT2D eigenvalue weighted by molar-refractivity contribution is -0.138. The van der Waals surface area contributed by atoms with Gasteiger partial charge in [0.15, 0.2) is 0 Å². The van der Waals surface area contributed by atoms with Gasteiger partial charge < -0.3 is 14.8 Å². The molecule has 1 aromatic carbocycles. The minimum atomic E-state index is -2.88. The molecule has 0 saturated heterocycles. The summed E-state index contributed by atoms with van der Waals surface area (Å²) in [5, 5.41) is 10.0. The number of ether oxygens (including phenoxy) is 1. The number of benzene rings is 1. The van der Waals surface area contributed by atoms with E-state index in [1.165, 1.54) is 31.6 Å². The predicted molar refractivity (Wildman–Crippen MR) is 107 cm³/mol. The van der Waals surface area contributed by atoms with E-state index >= 15 is 0 Å². The van der Waals surface area contributed by atoms with Crippen molar-refractivity contribution >= 4 is 17.6 Å². The highest BCUT2D eigenvalue weighted by Crippen LogP contribution is 2.41. The number of aromatic amines is 1. The van der Waals surface area contributed by atoms with Crippen molar-refractivity contribution in [3.8, 4) is 16.9 Å². The quantitative estimate of drug-likeness (QED) is 0.573. The first-order valence-corrected chi connectivity index (χ1v) is 9.21. The number of halogens is 3. The van der Waals surface area contributed by atoms with Gasteiger partial charge in [-0.1, -0.05) is 23.7 Å². The molecule has 0 saturated carbocycles. The van der Waals surface area contributed by atoms with Crippen LogP contribution in [-0.2, 0) is 11.2 Å². The number of nitrogens with one attached hydrogen (secondary N) is 1. The van der Waals surface area contributed by atoms with E-state index in [0.29, 0.717) is 5.69 Å². The summed E-state index contributed by atoms with van der Waals surface area (Å²) >= 11 is 6.03. The van der Waals surface area contributed by atoms with E-state index in [9.17, 15) is 23.5 Å². The second-order valence-electron chi connectivity index (χ2n) is 6.42. The number of hydrogen-bond donors (Lipinski definition) is 2. The summed E-state index contributed by atoms with van der Waals surface area (Å²) in [5.41, 5.74) is -1.01. The maximum absolute atomic E-state index is 13.7. The van der Waals surface area contributed by atoms with Crippen LogP contribution in [0.4, 0.5) is 8.78 Å². The van der Waals surface area contributed by atoms with E-state index in [0.717, 1.165) is 6.07 Å². The summed E-state index contributed by atoms with van der Waals surface area (Å²) in [6.07, 6.45) is -0.300. The van der Waals surface area contributed by atoms with E-state index in [-0.39, 0.29) is 33.9 Å². The minimum absolute atomic E-state index is 0.0395. The van der Waals surface area contributed by atoms with Gasteiger partial charge in [-0.2, -0.15) is 0 Å². The Morgan fingerprint density at radius 2 is 2.07 bits per heavy atom. The Bertz CT molecular complexity index is 1120. The number of methoxy groups -OCH3 is 1. The van der Waals surface area contributed by atoms with Gasteiger partial charge in [0.25, 0.3) is 12.0 Å². The van der Waals surface area contributed by atoms with E-state index in [1.807, 2.05) is 0 Å². The average molecular weight is 435 g/mol. The van der Waals surface area contributed by atoms with Crippen LogP contribution in [0.3, 0.4) is 0 Å². The molecule has 0 amide bonds. The van der Waals surface area contributed by atoms with E-state index < -0.39 is 29.4 Å². The van der Waals surface area contributed by atoms with Crippen LogP contribution in [0.5, 0.6) is 5.75 Å². The van der Waals surface area contributed by atoms with Gasteiger partial charge in [-0.3, -0.25) is 14.6 Å². The molecule has 0 bridgehead atoms. The van der Waals surface area contributed by atoms with Gasteiger partial charge in [-0.25, -0.2) is 8.78 Å². The molecule has 30 heavy (non-hydrogen) atoms. The molecular formula is C21H17ClF2N2O4. The molecule has 6 nitrogen and oxygen atoms in total. The zero-order chi connectivity index (χ0) is 21.8. The minimum Gasteiger partial charge on any atom is -0.495 e. The third-order valence-corrected chi connectivity index (χ3v) is 4.86. The Hall–Kier alpha value is -3.26. The average Bonchev–Trinajstić information content (AvgIpc) is 2.72. The first-order valence-electron chi connectivity index (χ1n) is 8.83. The number of carboxylic acid groups (broad SMARTS) is 1. The van der Waals surface area contributed by atoms with Crippen molar-refractivity contribution in [1.82, 2.24) is 9.97 Å². The van der Waals surface area contributed by atoms with Crippen molar-refractivity contribution in [3.63, 3.8) is 0 Å². The molecule has 156 valence electrons. The number of carbonyl (C=O) groups is 1. The zero-order valence-electron chi connectivity index (χ0n) is 15.7. The van der Waals surface area contributed by atoms with E-state index in [4.69, 9.17) is 16.3 Å². The molecule has 3 rings (SSSR count). The molecule has 2 aromatic heterocycles. The van der Waals surface area contributed by atoms with E-state index in [1.54, 1.807) is 18.2 Å². The number of rotatable bonds is 7. The van der Waals surface area contributed by atoms with Gasteiger partial charge in [0.2, 0.25) is 0 Å². The van der Waals surface area contributed by atoms with Crippen molar-refractivity contribution in [2.45, 2.75) is 18.8 Å². The van der Waals surface area contributed by atoms with E-state index in [2.05, 4.69) is 9.97 Å². The van der Waals surface area contributed by atoms with Crippen molar-refractivity contribution in [2.75, 3.05) is 7.11 Å². The van der Waals surface area contributed by atoms with Gasteiger partial charge in [0, 0.05) is 46.2 Å². The van der Waals surface area contributed by atoms with Crippen LogP contribution in [0.25, 0.3) is 11.1 Å². The van der Waals surface area contributed by atoms with Gasteiger partial charge in [0.1, 0.15) is 5.75 Å². The van der Waals surface area contributed by atoms with Crippen molar-refractivity contribution in [1.29, 1.82) is 0 Å². The Morgan fingerprint density at radius 1 is 1.30 bits per heavy atom. The molecule has 0 aliphatic rings. The summed E-state index contributed by atoms with van der Waals surface area (Å²) in [7, 11) is 1.29. The van der Waals surface area contributed by atoms with Gasteiger partial charge in [-0.15, -0.1) is 0 Å². The molecule has 0 radical (unpaired) electrons. The monoisotopic (exact) mass is 434 g/mol. The van der Waals surface area contributed by atoms with Crippen LogP contribution >= 0.6 is 11.6 Å². The number of pyridine rings is 2. The predicted octanol–water partition coefficient (Wildman–Crippen LogP) is 4.45. The smallest absolute Gasteiger partial charge is 0.311 e. The Morgan fingerprint density at radius 3 is 2.67 bits per heavy atom. The van der Waals surface area contributed by atoms with Crippen LogP contribution < -0.4 is 10.3 Å². The SMILES string of the molecule is COc1c[nH]c(=O)c(C(Cc2ccccn2)C(=O)O)c1-c1cc(Cl)ccc1C(F)F. The Kier molecular flexibility index (Phi) is 6.47. The van der Waals surface area contributed by atoms with Gasteiger partial charge in [0.05, 0.1) is 13.0 Å². The third-order valence-electron chi connectivity index (χ3n) is 4.62. The molecule has 9 heteroatoms. The molecule has 1 unspecified atom stereocenters. The van der Waals surface area contributed by atoms with Crippen LogP contribution in [0.2, 0.25) is 5.02 Å². The van der Waals surface area contributed by atoms with Crippen molar-refractivity contribution < 1.29 is 23.4 Å². The number of nitrogens with zero attached hydrogens (tertiary/aromatic N) is 1. The molecule has 2 heterocycles. The lowest BCUT2D eigenvalue weighted by Gasteiger charge is -2.20. The number of carboxylic acids is 1. The number of aromatic nitrogens is 2. The van der Waals surface area contributed by atoms with Gasteiger partial charge in [-0.05, 0) is 29.8 Å². The molecule has 2 N–H and O–H groups in total. The lowest BCUT2D eigenvalue weighted by atomic mass is 9.86. The highest BCUT2D eigenvalue weighted by Gasteiger charge is 2.31. The number of alkyl halides is 2.